The van der Waals surface area contributed by atoms with Crippen LogP contribution in [0.4, 0.5) is 0 Å². The summed E-state index contributed by atoms with van der Waals surface area (Å²) in [5.41, 5.74) is 0.798. The summed E-state index contributed by atoms with van der Waals surface area (Å²) in [6.45, 7) is 7.56. The minimum atomic E-state index is -1.05. The molecule has 0 aliphatic carbocycles. The molecule has 3 heterocycles. The number of aliphatic hydroxyl groups excluding tert-OH is 1. The molecule has 5 nitrogen and oxygen atoms in total. The van der Waals surface area contributed by atoms with Crippen LogP contribution in [0.1, 0.15) is 59.8 Å². The number of ether oxygens (including phenoxy) is 2. The maximum atomic E-state index is 12.8. The SMILES string of the molecule is CC1=C2C(=O)C/C(C)=C/CC[C@@H](C)[C@H]3CC[C@@](C)(O3)[C@H](O)[C@H]2OC1=O. The molecule has 0 aromatic carbocycles. The normalized spacial score (nSPS) is 42.0. The molecule has 3 aliphatic heterocycles. The van der Waals surface area contributed by atoms with Gasteiger partial charge >= 0.3 is 5.97 Å². The number of fused-ring (bicyclic) bond motifs is 3. The second-order valence-electron chi connectivity index (χ2n) is 8.02. The number of ketones is 1. The van der Waals surface area contributed by atoms with E-state index in [9.17, 15) is 14.7 Å². The minimum Gasteiger partial charge on any atom is -0.451 e. The molecule has 2 bridgehead atoms. The molecule has 25 heavy (non-hydrogen) atoms. The number of hydrogen-bond donors (Lipinski definition) is 1. The molecule has 5 atom stereocenters. The molecule has 3 rings (SSSR count). The predicted octanol–water partition coefficient (Wildman–Crippen LogP) is 2.86. The van der Waals surface area contributed by atoms with Crippen LogP contribution in [0, 0.1) is 5.92 Å². The van der Waals surface area contributed by atoms with E-state index in [1.807, 2.05) is 13.8 Å². The highest BCUT2D eigenvalue weighted by atomic mass is 16.6. The summed E-state index contributed by atoms with van der Waals surface area (Å²) in [7, 11) is 0. The largest absolute Gasteiger partial charge is 0.451 e. The third-order valence-electron chi connectivity index (χ3n) is 5.98. The van der Waals surface area contributed by atoms with Gasteiger partial charge in [-0.05, 0) is 52.4 Å². The summed E-state index contributed by atoms with van der Waals surface area (Å²) >= 11 is 0. The van der Waals surface area contributed by atoms with Gasteiger partial charge in [-0.1, -0.05) is 18.6 Å². The van der Waals surface area contributed by atoms with Crippen molar-refractivity contribution in [1.82, 2.24) is 0 Å². The Kier molecular flexibility index (Phi) is 4.91. The van der Waals surface area contributed by atoms with Gasteiger partial charge in [0, 0.05) is 17.6 Å². The zero-order valence-electron chi connectivity index (χ0n) is 15.5. The molecule has 0 saturated carbocycles. The number of esters is 1. The molecule has 1 N–H and O–H groups in total. The van der Waals surface area contributed by atoms with Crippen molar-refractivity contribution >= 4 is 11.8 Å². The monoisotopic (exact) mass is 348 g/mol. The van der Waals surface area contributed by atoms with Crippen LogP contribution >= 0.6 is 0 Å². The summed E-state index contributed by atoms with van der Waals surface area (Å²) < 4.78 is 11.6. The van der Waals surface area contributed by atoms with Crippen LogP contribution in [0.3, 0.4) is 0 Å². The van der Waals surface area contributed by atoms with Gasteiger partial charge < -0.3 is 14.6 Å². The number of aliphatic hydroxyl groups is 1. The first-order chi connectivity index (χ1) is 11.7. The first-order valence-electron chi connectivity index (χ1n) is 9.19. The van der Waals surface area contributed by atoms with E-state index < -0.39 is 23.8 Å². The zero-order valence-corrected chi connectivity index (χ0v) is 15.5. The first kappa shape index (κ1) is 18.3. The van der Waals surface area contributed by atoms with Gasteiger partial charge in [-0.3, -0.25) is 4.79 Å². The van der Waals surface area contributed by atoms with E-state index in [-0.39, 0.29) is 18.3 Å². The van der Waals surface area contributed by atoms with E-state index in [1.165, 1.54) is 0 Å². The fourth-order valence-electron chi connectivity index (χ4n) is 4.21. The van der Waals surface area contributed by atoms with Crippen molar-refractivity contribution in [3.05, 3.63) is 22.8 Å². The van der Waals surface area contributed by atoms with E-state index in [0.717, 1.165) is 24.8 Å². The van der Waals surface area contributed by atoms with Gasteiger partial charge in [0.1, 0.15) is 6.10 Å². The van der Waals surface area contributed by atoms with Gasteiger partial charge in [-0.2, -0.15) is 0 Å². The fraction of sp³-hybridized carbons (Fsp3) is 0.700. The Morgan fingerprint density at radius 1 is 1.24 bits per heavy atom. The summed E-state index contributed by atoms with van der Waals surface area (Å²) in [5, 5.41) is 11.0. The van der Waals surface area contributed by atoms with Crippen molar-refractivity contribution in [3.63, 3.8) is 0 Å². The molecule has 0 spiro atoms. The van der Waals surface area contributed by atoms with Gasteiger partial charge in [0.2, 0.25) is 0 Å². The highest BCUT2D eigenvalue weighted by Crippen LogP contribution is 2.41. The molecular formula is C20H28O5. The lowest BCUT2D eigenvalue weighted by Crippen LogP contribution is -2.49. The van der Waals surface area contributed by atoms with Crippen LogP contribution in [0.15, 0.2) is 22.8 Å². The van der Waals surface area contributed by atoms with Gasteiger partial charge in [-0.25, -0.2) is 4.79 Å². The molecule has 138 valence electrons. The van der Waals surface area contributed by atoms with Crippen molar-refractivity contribution in [2.24, 2.45) is 5.92 Å². The summed E-state index contributed by atoms with van der Waals surface area (Å²) in [6.07, 6.45) is 3.88. The Morgan fingerprint density at radius 2 is 1.96 bits per heavy atom. The maximum absolute atomic E-state index is 12.8. The van der Waals surface area contributed by atoms with E-state index in [2.05, 4.69) is 13.0 Å². The van der Waals surface area contributed by atoms with Gasteiger partial charge in [-0.15, -0.1) is 0 Å². The molecule has 1 saturated heterocycles. The van der Waals surface area contributed by atoms with Crippen molar-refractivity contribution in [3.8, 4) is 0 Å². The molecule has 3 aliphatic rings. The standard InChI is InChI=1S/C20H28O5/c1-11-6-5-7-12(2)15-8-9-20(4,25-15)18(22)17-16(14(21)10-11)13(3)19(23)24-17/h6,12,15,17-18,22H,5,7-10H2,1-4H3/b11-6+/t12-,15-,17+,18-,20-/m1/s1. The highest BCUT2D eigenvalue weighted by Gasteiger charge is 2.51. The molecule has 1 fully saturated rings. The van der Waals surface area contributed by atoms with Gasteiger partial charge in [0.25, 0.3) is 0 Å². The Morgan fingerprint density at radius 3 is 2.68 bits per heavy atom. The van der Waals surface area contributed by atoms with Crippen LogP contribution in [-0.4, -0.2) is 40.8 Å². The number of carbonyl (C=O) groups excluding carboxylic acids is 2. The molecule has 0 aromatic heterocycles. The van der Waals surface area contributed by atoms with Crippen molar-refractivity contribution < 1.29 is 24.2 Å². The summed E-state index contributed by atoms with van der Waals surface area (Å²) in [5.74, 6) is -0.295. The molecule has 0 aromatic rings. The average molecular weight is 348 g/mol. The van der Waals surface area contributed by atoms with Crippen LogP contribution in [0.2, 0.25) is 0 Å². The zero-order chi connectivity index (χ0) is 18.4. The number of rotatable bonds is 0. The topological polar surface area (TPSA) is 72.8 Å². The average Bonchev–Trinajstić information content (AvgIpc) is 3.08. The van der Waals surface area contributed by atoms with Gasteiger partial charge in [0.05, 0.1) is 11.7 Å². The quantitative estimate of drug-likeness (QED) is 0.538. The van der Waals surface area contributed by atoms with Gasteiger partial charge in [0.15, 0.2) is 11.9 Å². The summed E-state index contributed by atoms with van der Waals surface area (Å²) in [4.78, 5) is 24.9. The fourth-order valence-corrected chi connectivity index (χ4v) is 4.21. The Hall–Kier alpha value is -1.46. The van der Waals surface area contributed by atoms with Crippen LogP contribution in [0.5, 0.6) is 0 Å². The number of allylic oxidation sites excluding steroid dienone is 2. The molecule has 0 unspecified atom stereocenters. The van der Waals surface area contributed by atoms with Crippen LogP contribution in [0.25, 0.3) is 0 Å². The second-order valence-corrected chi connectivity index (χ2v) is 8.02. The summed E-state index contributed by atoms with van der Waals surface area (Å²) in [6, 6.07) is 0. The molecular weight excluding hydrogens is 320 g/mol. The smallest absolute Gasteiger partial charge is 0.334 e. The molecule has 0 amide bonds. The maximum Gasteiger partial charge on any atom is 0.334 e. The van der Waals surface area contributed by atoms with E-state index in [0.29, 0.717) is 23.5 Å². The lowest BCUT2D eigenvalue weighted by atomic mass is 9.85. The predicted molar refractivity (Wildman–Crippen MR) is 92.9 cm³/mol. The van der Waals surface area contributed by atoms with Crippen molar-refractivity contribution in [2.75, 3.05) is 0 Å². The Balaban J connectivity index is 1.99. The Labute approximate surface area is 149 Å². The second kappa shape index (κ2) is 6.69. The third-order valence-corrected chi connectivity index (χ3v) is 5.98. The highest BCUT2D eigenvalue weighted by molar-refractivity contribution is 6.07. The van der Waals surface area contributed by atoms with E-state index in [4.69, 9.17) is 9.47 Å². The molecule has 5 heteroatoms. The molecule has 0 radical (unpaired) electrons. The number of hydrogen-bond acceptors (Lipinski definition) is 5. The minimum absolute atomic E-state index is 0.0791. The van der Waals surface area contributed by atoms with E-state index >= 15 is 0 Å². The first-order valence-corrected chi connectivity index (χ1v) is 9.19. The Bertz CT molecular complexity index is 646. The van der Waals surface area contributed by atoms with Crippen LogP contribution in [-0.2, 0) is 19.1 Å². The van der Waals surface area contributed by atoms with Crippen molar-refractivity contribution in [1.29, 1.82) is 0 Å². The van der Waals surface area contributed by atoms with Crippen LogP contribution < -0.4 is 0 Å². The lowest BCUT2D eigenvalue weighted by Gasteiger charge is -2.34. The van der Waals surface area contributed by atoms with Crippen molar-refractivity contribution in [2.45, 2.75) is 83.7 Å². The number of carbonyl (C=O) groups is 2. The lowest BCUT2D eigenvalue weighted by molar-refractivity contribution is -0.165. The van der Waals surface area contributed by atoms with E-state index in [1.54, 1.807) is 6.92 Å². The number of Topliss-reactive ketones (excluding diaryl/α,β-unsaturated/α-hetero) is 1. The third kappa shape index (κ3) is 3.32.